The third-order valence-electron chi connectivity index (χ3n) is 4.73. The van der Waals surface area contributed by atoms with Crippen LogP contribution < -0.4 is 4.74 Å². The van der Waals surface area contributed by atoms with Crippen molar-refractivity contribution < 1.29 is 9.47 Å². The standard InChI is InChI=1S/C20H25NO2.ClH/c1-22-19-11-7-6-10-17(19)18-12-13-21(15-20(18)23-2)14-16-8-4-3-5-9-16;/h3-11,18,20H,12-15H2,1-2H3;1H. The van der Waals surface area contributed by atoms with Crippen molar-refractivity contribution in [1.29, 1.82) is 0 Å². The third kappa shape index (κ3) is 4.29. The van der Waals surface area contributed by atoms with Crippen molar-refractivity contribution in [3.8, 4) is 5.75 Å². The van der Waals surface area contributed by atoms with Crippen LogP contribution in [-0.4, -0.2) is 38.3 Å². The molecule has 1 fully saturated rings. The van der Waals surface area contributed by atoms with Crippen molar-refractivity contribution in [3.05, 3.63) is 65.7 Å². The third-order valence-corrected chi connectivity index (χ3v) is 4.73. The Morgan fingerprint density at radius 3 is 2.42 bits per heavy atom. The maximum atomic E-state index is 5.83. The molecular formula is C20H26ClNO2. The minimum absolute atomic E-state index is 0. The van der Waals surface area contributed by atoms with Gasteiger partial charge in [-0.05, 0) is 30.2 Å². The molecule has 130 valence electrons. The summed E-state index contributed by atoms with van der Waals surface area (Å²) in [6.07, 6.45) is 1.29. The van der Waals surface area contributed by atoms with Crippen LogP contribution in [0.4, 0.5) is 0 Å². The molecule has 1 aliphatic heterocycles. The predicted molar refractivity (Wildman–Crippen MR) is 100 cm³/mol. The zero-order chi connectivity index (χ0) is 16.1. The van der Waals surface area contributed by atoms with Crippen molar-refractivity contribution >= 4 is 12.4 Å². The minimum atomic E-state index is 0. The van der Waals surface area contributed by atoms with Gasteiger partial charge >= 0.3 is 0 Å². The fraction of sp³-hybridized carbons (Fsp3) is 0.400. The lowest BCUT2D eigenvalue weighted by Gasteiger charge is -2.38. The monoisotopic (exact) mass is 347 g/mol. The Bertz CT molecular complexity index is 620. The summed E-state index contributed by atoms with van der Waals surface area (Å²) in [5.41, 5.74) is 2.62. The highest BCUT2D eigenvalue weighted by Gasteiger charge is 2.31. The van der Waals surface area contributed by atoms with E-state index in [1.54, 1.807) is 7.11 Å². The van der Waals surface area contributed by atoms with E-state index in [4.69, 9.17) is 9.47 Å². The van der Waals surface area contributed by atoms with Crippen LogP contribution in [0.1, 0.15) is 23.5 Å². The minimum Gasteiger partial charge on any atom is -0.496 e. The first-order valence-electron chi connectivity index (χ1n) is 8.24. The molecule has 4 heteroatoms. The summed E-state index contributed by atoms with van der Waals surface area (Å²) >= 11 is 0. The molecule has 0 bridgehead atoms. The topological polar surface area (TPSA) is 21.7 Å². The molecule has 2 aromatic rings. The molecule has 1 saturated heterocycles. The van der Waals surface area contributed by atoms with Crippen LogP contribution in [0.2, 0.25) is 0 Å². The van der Waals surface area contributed by atoms with Crippen molar-refractivity contribution in [1.82, 2.24) is 4.90 Å². The molecule has 0 N–H and O–H groups in total. The second-order valence-electron chi connectivity index (χ2n) is 6.13. The van der Waals surface area contributed by atoms with E-state index in [2.05, 4.69) is 47.4 Å². The first-order valence-corrected chi connectivity index (χ1v) is 8.24. The predicted octanol–water partition coefficient (Wildman–Crippen LogP) is 4.12. The van der Waals surface area contributed by atoms with E-state index in [0.29, 0.717) is 5.92 Å². The van der Waals surface area contributed by atoms with Gasteiger partial charge in [0.25, 0.3) is 0 Å². The van der Waals surface area contributed by atoms with E-state index in [0.717, 1.165) is 31.8 Å². The first kappa shape index (κ1) is 18.8. The average molecular weight is 348 g/mol. The molecule has 0 radical (unpaired) electrons. The van der Waals surface area contributed by atoms with Crippen LogP contribution in [0.3, 0.4) is 0 Å². The van der Waals surface area contributed by atoms with Crippen LogP contribution in [0.25, 0.3) is 0 Å². The van der Waals surface area contributed by atoms with E-state index < -0.39 is 0 Å². The Hall–Kier alpha value is -1.55. The molecule has 0 aromatic heterocycles. The number of benzene rings is 2. The summed E-state index contributed by atoms with van der Waals surface area (Å²) in [6.45, 7) is 3.02. The number of nitrogens with zero attached hydrogens (tertiary/aromatic N) is 1. The second-order valence-corrected chi connectivity index (χ2v) is 6.13. The van der Waals surface area contributed by atoms with Gasteiger partial charge in [-0.1, -0.05) is 48.5 Å². The zero-order valence-electron chi connectivity index (χ0n) is 14.4. The molecule has 0 aliphatic carbocycles. The summed E-state index contributed by atoms with van der Waals surface area (Å²) < 4.78 is 11.4. The lowest BCUT2D eigenvalue weighted by molar-refractivity contribution is 0.0112. The van der Waals surface area contributed by atoms with Crippen molar-refractivity contribution in [2.75, 3.05) is 27.3 Å². The SMILES string of the molecule is COc1ccccc1C1CCN(Cc2ccccc2)CC1OC.Cl. The molecule has 1 heterocycles. The summed E-state index contributed by atoms with van der Waals surface area (Å²) in [4.78, 5) is 2.48. The summed E-state index contributed by atoms with van der Waals surface area (Å²) in [7, 11) is 3.56. The van der Waals surface area contributed by atoms with Gasteiger partial charge in [0, 0.05) is 26.1 Å². The van der Waals surface area contributed by atoms with E-state index in [-0.39, 0.29) is 18.5 Å². The lowest BCUT2D eigenvalue weighted by Crippen LogP contribution is -2.43. The zero-order valence-corrected chi connectivity index (χ0v) is 15.2. The van der Waals surface area contributed by atoms with Crippen molar-refractivity contribution in [2.24, 2.45) is 0 Å². The maximum Gasteiger partial charge on any atom is 0.122 e. The number of piperidine rings is 1. The summed E-state index contributed by atoms with van der Waals surface area (Å²) in [5.74, 6) is 1.36. The van der Waals surface area contributed by atoms with Crippen LogP contribution in [0.15, 0.2) is 54.6 Å². The highest BCUT2D eigenvalue weighted by Crippen LogP contribution is 2.35. The van der Waals surface area contributed by atoms with E-state index in [1.165, 1.54) is 11.1 Å². The summed E-state index contributed by atoms with van der Waals surface area (Å²) in [6, 6.07) is 19.0. The smallest absolute Gasteiger partial charge is 0.122 e. The van der Waals surface area contributed by atoms with Gasteiger partial charge in [0.05, 0.1) is 13.2 Å². The largest absolute Gasteiger partial charge is 0.496 e. The van der Waals surface area contributed by atoms with Crippen molar-refractivity contribution in [2.45, 2.75) is 25.0 Å². The fourth-order valence-electron chi connectivity index (χ4n) is 3.53. The Morgan fingerprint density at radius 1 is 1.00 bits per heavy atom. The van der Waals surface area contributed by atoms with Gasteiger partial charge in [-0.25, -0.2) is 0 Å². The Kier molecular flexibility index (Phi) is 7.10. The van der Waals surface area contributed by atoms with Gasteiger partial charge in [-0.15, -0.1) is 12.4 Å². The molecule has 3 rings (SSSR count). The number of ether oxygens (including phenoxy) is 2. The molecule has 0 amide bonds. The molecule has 3 nitrogen and oxygen atoms in total. The molecular weight excluding hydrogens is 322 g/mol. The lowest BCUT2D eigenvalue weighted by atomic mass is 9.86. The number of likely N-dealkylation sites (tertiary alicyclic amines) is 1. The Morgan fingerprint density at radius 2 is 1.71 bits per heavy atom. The quantitative estimate of drug-likeness (QED) is 0.812. The molecule has 2 unspecified atom stereocenters. The van der Waals surface area contributed by atoms with Gasteiger partial charge in [-0.3, -0.25) is 4.90 Å². The highest BCUT2D eigenvalue weighted by molar-refractivity contribution is 5.85. The number of methoxy groups -OCH3 is 2. The van der Waals surface area contributed by atoms with Crippen molar-refractivity contribution in [3.63, 3.8) is 0 Å². The van der Waals surface area contributed by atoms with Gasteiger partial charge < -0.3 is 9.47 Å². The van der Waals surface area contributed by atoms with E-state index >= 15 is 0 Å². The van der Waals surface area contributed by atoms with Crippen LogP contribution in [0.5, 0.6) is 5.75 Å². The number of halogens is 1. The van der Waals surface area contributed by atoms with Gasteiger partial charge in [-0.2, -0.15) is 0 Å². The highest BCUT2D eigenvalue weighted by atomic mass is 35.5. The summed E-state index contributed by atoms with van der Waals surface area (Å²) in [5, 5.41) is 0. The van der Waals surface area contributed by atoms with Gasteiger partial charge in [0.2, 0.25) is 0 Å². The van der Waals surface area contributed by atoms with Crippen LogP contribution in [-0.2, 0) is 11.3 Å². The molecule has 24 heavy (non-hydrogen) atoms. The van der Waals surface area contributed by atoms with Gasteiger partial charge in [0.1, 0.15) is 5.75 Å². The molecule has 1 aliphatic rings. The van der Waals surface area contributed by atoms with E-state index in [1.807, 2.05) is 19.2 Å². The van der Waals surface area contributed by atoms with E-state index in [9.17, 15) is 0 Å². The Balaban J connectivity index is 0.00000208. The number of hydrogen-bond acceptors (Lipinski definition) is 3. The number of hydrogen-bond donors (Lipinski definition) is 0. The second kappa shape index (κ2) is 9.07. The van der Waals surface area contributed by atoms with Gasteiger partial charge in [0.15, 0.2) is 0 Å². The first-order chi connectivity index (χ1) is 11.3. The fourth-order valence-corrected chi connectivity index (χ4v) is 3.53. The van der Waals surface area contributed by atoms with Crippen LogP contribution in [0, 0.1) is 0 Å². The Labute approximate surface area is 151 Å². The molecule has 2 atom stereocenters. The molecule has 0 spiro atoms. The number of para-hydroxylation sites is 1. The molecule has 0 saturated carbocycles. The normalized spacial score (nSPS) is 21.1. The van der Waals surface area contributed by atoms with Crippen LogP contribution >= 0.6 is 12.4 Å². The average Bonchev–Trinajstić information content (AvgIpc) is 2.62. The molecule has 2 aromatic carbocycles. The maximum absolute atomic E-state index is 5.83. The number of rotatable bonds is 5.